The first-order valence-electron chi connectivity index (χ1n) is 6.84. The second kappa shape index (κ2) is 7.31. The summed E-state index contributed by atoms with van der Waals surface area (Å²) in [7, 11) is 3.72. The lowest BCUT2D eigenvalue weighted by atomic mass is 9.98. The van der Waals surface area contributed by atoms with E-state index in [4.69, 9.17) is 0 Å². The Balaban J connectivity index is 0.00000162. The Hall–Kier alpha value is -0.320. The number of piperidine rings is 1. The Bertz CT molecular complexity index is 267. The van der Waals surface area contributed by atoms with Crippen LogP contribution in [0.2, 0.25) is 0 Å². The summed E-state index contributed by atoms with van der Waals surface area (Å²) in [6, 6.07) is 0.145. The normalized spacial score (nSPS) is 28.8. The lowest BCUT2D eigenvalue weighted by Crippen LogP contribution is -2.46. The van der Waals surface area contributed by atoms with E-state index >= 15 is 0 Å². The lowest BCUT2D eigenvalue weighted by molar-refractivity contribution is -0.133. The zero-order chi connectivity index (χ0) is 12.3. The van der Waals surface area contributed by atoms with Crippen LogP contribution in [0.3, 0.4) is 0 Å². The molecule has 0 aromatic carbocycles. The van der Waals surface area contributed by atoms with E-state index in [0.29, 0.717) is 0 Å². The Kier molecular flexibility index (Phi) is 6.39. The Morgan fingerprint density at radius 2 is 2.11 bits per heavy atom. The van der Waals surface area contributed by atoms with E-state index in [1.165, 1.54) is 19.3 Å². The van der Waals surface area contributed by atoms with Gasteiger partial charge in [-0.25, -0.2) is 0 Å². The van der Waals surface area contributed by atoms with Gasteiger partial charge in [-0.1, -0.05) is 0 Å². The molecule has 1 N–H and O–H groups in total. The fraction of sp³-hybridized carbons (Fsp3) is 0.923. The van der Waals surface area contributed by atoms with Gasteiger partial charge in [-0.2, -0.15) is 0 Å². The monoisotopic (exact) mass is 275 g/mol. The molecule has 4 nitrogen and oxygen atoms in total. The van der Waals surface area contributed by atoms with Crippen LogP contribution in [0.25, 0.3) is 0 Å². The predicted molar refractivity (Wildman–Crippen MR) is 76.1 cm³/mol. The highest BCUT2D eigenvalue weighted by Gasteiger charge is 2.32. The summed E-state index contributed by atoms with van der Waals surface area (Å²) < 4.78 is 0. The molecular formula is C13H26ClN3O. The van der Waals surface area contributed by atoms with Gasteiger partial charge in [-0.15, -0.1) is 12.4 Å². The maximum atomic E-state index is 12.1. The minimum Gasteiger partial charge on any atom is -0.347 e. The van der Waals surface area contributed by atoms with Crippen molar-refractivity contribution in [2.45, 2.75) is 31.7 Å². The number of likely N-dealkylation sites (N-methyl/N-ethyl adjacent to an activating group) is 1. The average molecular weight is 276 g/mol. The van der Waals surface area contributed by atoms with E-state index in [0.717, 1.165) is 38.5 Å². The van der Waals surface area contributed by atoms with Crippen LogP contribution in [0, 0.1) is 5.92 Å². The maximum absolute atomic E-state index is 12.1. The van der Waals surface area contributed by atoms with Crippen LogP contribution in [-0.4, -0.2) is 62.0 Å². The van der Waals surface area contributed by atoms with Crippen LogP contribution in [0.1, 0.15) is 25.7 Å². The molecule has 0 saturated carbocycles. The fourth-order valence-electron chi connectivity index (χ4n) is 3.03. The third kappa shape index (κ3) is 3.84. The molecule has 0 spiro atoms. The average Bonchev–Trinajstić information content (AvgIpc) is 2.77. The van der Waals surface area contributed by atoms with E-state index in [-0.39, 0.29) is 24.4 Å². The Labute approximate surface area is 116 Å². The molecule has 5 heteroatoms. The van der Waals surface area contributed by atoms with Crippen molar-refractivity contribution >= 4 is 18.3 Å². The smallest absolute Gasteiger partial charge is 0.239 e. The number of nitrogens with zero attached hydrogens (tertiary/aromatic N) is 2. The highest BCUT2D eigenvalue weighted by molar-refractivity contribution is 5.85. The quantitative estimate of drug-likeness (QED) is 0.833. The minimum atomic E-state index is 0. The summed E-state index contributed by atoms with van der Waals surface area (Å²) in [5, 5.41) is 3.45. The minimum absolute atomic E-state index is 0. The van der Waals surface area contributed by atoms with E-state index < -0.39 is 0 Å². The number of hydrogen-bond donors (Lipinski definition) is 1. The molecule has 2 atom stereocenters. The van der Waals surface area contributed by atoms with E-state index in [1.807, 2.05) is 14.1 Å². The molecule has 2 aliphatic heterocycles. The summed E-state index contributed by atoms with van der Waals surface area (Å²) in [5.41, 5.74) is 0. The van der Waals surface area contributed by atoms with Crippen LogP contribution >= 0.6 is 12.4 Å². The van der Waals surface area contributed by atoms with Crippen LogP contribution < -0.4 is 5.32 Å². The highest BCUT2D eigenvalue weighted by atomic mass is 35.5. The van der Waals surface area contributed by atoms with Gasteiger partial charge in [-0.05, 0) is 51.2 Å². The zero-order valence-electron chi connectivity index (χ0n) is 11.5. The first-order chi connectivity index (χ1) is 8.18. The third-order valence-corrected chi connectivity index (χ3v) is 3.98. The van der Waals surface area contributed by atoms with Crippen LogP contribution in [0.4, 0.5) is 0 Å². The summed E-state index contributed by atoms with van der Waals surface area (Å²) in [6.07, 6.45) is 4.80. The number of rotatable bonds is 3. The molecule has 1 amide bonds. The first kappa shape index (κ1) is 15.7. The molecule has 2 saturated heterocycles. The molecule has 0 radical (unpaired) electrons. The van der Waals surface area contributed by atoms with Gasteiger partial charge in [0, 0.05) is 20.6 Å². The van der Waals surface area contributed by atoms with Gasteiger partial charge in [0.25, 0.3) is 0 Å². The van der Waals surface area contributed by atoms with Crippen molar-refractivity contribution in [2.24, 2.45) is 5.92 Å². The molecule has 2 aliphatic rings. The van der Waals surface area contributed by atoms with E-state index in [9.17, 15) is 4.79 Å². The van der Waals surface area contributed by atoms with Gasteiger partial charge in [-0.3, -0.25) is 9.69 Å². The first-order valence-corrected chi connectivity index (χ1v) is 6.84. The van der Waals surface area contributed by atoms with E-state index in [1.54, 1.807) is 4.90 Å². The number of likely N-dealkylation sites (tertiary alicyclic amines) is 1. The number of halogens is 1. The second-order valence-electron chi connectivity index (χ2n) is 5.60. The van der Waals surface area contributed by atoms with Crippen molar-refractivity contribution in [2.75, 3.05) is 40.3 Å². The van der Waals surface area contributed by atoms with Gasteiger partial charge in [0.15, 0.2) is 0 Å². The van der Waals surface area contributed by atoms with Crippen molar-refractivity contribution in [1.29, 1.82) is 0 Å². The van der Waals surface area contributed by atoms with Gasteiger partial charge >= 0.3 is 0 Å². The van der Waals surface area contributed by atoms with Gasteiger partial charge in [0.1, 0.15) is 0 Å². The third-order valence-electron chi connectivity index (χ3n) is 3.98. The number of carbonyl (C=O) groups excluding carboxylic acids is 1. The topological polar surface area (TPSA) is 35.6 Å². The van der Waals surface area contributed by atoms with Crippen molar-refractivity contribution in [3.8, 4) is 0 Å². The maximum Gasteiger partial charge on any atom is 0.239 e. The number of hydrogen-bond acceptors (Lipinski definition) is 3. The molecule has 2 rings (SSSR count). The Morgan fingerprint density at radius 1 is 1.33 bits per heavy atom. The summed E-state index contributed by atoms with van der Waals surface area (Å²) in [6.45, 7) is 4.48. The summed E-state index contributed by atoms with van der Waals surface area (Å²) >= 11 is 0. The second-order valence-corrected chi connectivity index (χ2v) is 5.60. The SMILES string of the molecule is CN(C)C(=O)C1CCCN1CC1CCCNC1.Cl. The van der Waals surface area contributed by atoms with Crippen LogP contribution in [0.5, 0.6) is 0 Å². The standard InChI is InChI=1S/C13H25N3O.ClH/c1-15(2)13(17)12-6-4-8-16(12)10-11-5-3-7-14-9-11;/h11-12,14H,3-10H2,1-2H3;1H. The van der Waals surface area contributed by atoms with Crippen molar-refractivity contribution in [1.82, 2.24) is 15.1 Å². The number of nitrogens with one attached hydrogen (secondary N) is 1. The predicted octanol–water partition coefficient (Wildman–Crippen LogP) is 0.960. The van der Waals surface area contributed by atoms with Crippen LogP contribution in [-0.2, 0) is 4.79 Å². The number of amides is 1. The van der Waals surface area contributed by atoms with Crippen molar-refractivity contribution in [3.63, 3.8) is 0 Å². The highest BCUT2D eigenvalue weighted by Crippen LogP contribution is 2.22. The molecule has 0 aliphatic carbocycles. The molecule has 2 fully saturated rings. The van der Waals surface area contributed by atoms with Gasteiger partial charge in [0.05, 0.1) is 6.04 Å². The number of carbonyl (C=O) groups is 1. The van der Waals surface area contributed by atoms with Crippen molar-refractivity contribution in [3.05, 3.63) is 0 Å². The molecule has 0 aromatic heterocycles. The van der Waals surface area contributed by atoms with Gasteiger partial charge < -0.3 is 10.2 Å². The summed E-state index contributed by atoms with van der Waals surface area (Å²) in [5.74, 6) is 1.02. The van der Waals surface area contributed by atoms with Crippen molar-refractivity contribution < 1.29 is 4.79 Å². The lowest BCUT2D eigenvalue weighted by Gasteiger charge is -2.31. The van der Waals surface area contributed by atoms with Crippen LogP contribution in [0.15, 0.2) is 0 Å². The molecule has 106 valence electrons. The molecule has 0 aromatic rings. The zero-order valence-corrected chi connectivity index (χ0v) is 12.3. The molecule has 2 heterocycles. The fourth-order valence-corrected chi connectivity index (χ4v) is 3.03. The molecule has 18 heavy (non-hydrogen) atoms. The molecular weight excluding hydrogens is 250 g/mol. The largest absolute Gasteiger partial charge is 0.347 e. The van der Waals surface area contributed by atoms with Gasteiger partial charge in [0.2, 0.25) is 5.91 Å². The summed E-state index contributed by atoms with van der Waals surface area (Å²) in [4.78, 5) is 16.2. The Morgan fingerprint density at radius 3 is 2.72 bits per heavy atom. The molecule has 2 unspecified atom stereocenters. The van der Waals surface area contributed by atoms with E-state index in [2.05, 4.69) is 10.2 Å². The molecule has 0 bridgehead atoms.